The molecular weight excluding hydrogens is 363 g/mol. The summed E-state index contributed by atoms with van der Waals surface area (Å²) in [5, 5.41) is 9.89. The van der Waals surface area contributed by atoms with Gasteiger partial charge in [0.25, 0.3) is 0 Å². The Morgan fingerprint density at radius 1 is 1.12 bits per heavy atom. The van der Waals surface area contributed by atoms with Crippen molar-refractivity contribution >= 4 is 40.3 Å². The number of rotatable bonds is 2. The Labute approximate surface area is 155 Å². The summed E-state index contributed by atoms with van der Waals surface area (Å²) in [5.41, 5.74) is 7.10. The van der Waals surface area contributed by atoms with Gasteiger partial charge in [-0.25, -0.2) is 9.78 Å². The summed E-state index contributed by atoms with van der Waals surface area (Å²) in [7, 11) is 0. The van der Waals surface area contributed by atoms with E-state index in [2.05, 4.69) is 4.98 Å². The topological polar surface area (TPSA) is 89.4 Å². The van der Waals surface area contributed by atoms with Crippen LogP contribution in [0.15, 0.2) is 40.8 Å². The number of nitrogens with zero attached hydrogens (tertiary/aromatic N) is 1. The van der Waals surface area contributed by atoms with E-state index in [0.29, 0.717) is 32.6 Å². The highest BCUT2D eigenvalue weighted by Crippen LogP contribution is 2.29. The molecule has 2 aromatic carbocycles. The number of aromatic nitrogens is 1. The number of hydrogen-bond donors (Lipinski definition) is 2. The summed E-state index contributed by atoms with van der Waals surface area (Å²) < 4.78 is 5.56. The fourth-order valence-electron chi connectivity index (χ4n) is 1.86. The first-order valence-corrected chi connectivity index (χ1v) is 8.18. The van der Waals surface area contributed by atoms with Crippen LogP contribution in [0, 0.1) is 0 Å². The van der Waals surface area contributed by atoms with Crippen molar-refractivity contribution in [2.45, 2.75) is 26.3 Å². The number of carboxylic acids is 1. The van der Waals surface area contributed by atoms with Crippen LogP contribution in [0.4, 0.5) is 0 Å². The van der Waals surface area contributed by atoms with Crippen LogP contribution in [0.3, 0.4) is 0 Å². The van der Waals surface area contributed by atoms with Crippen molar-refractivity contribution in [2.24, 2.45) is 5.73 Å². The maximum absolute atomic E-state index is 10.9. The van der Waals surface area contributed by atoms with Crippen molar-refractivity contribution in [1.82, 2.24) is 4.98 Å². The van der Waals surface area contributed by atoms with Crippen LogP contribution in [0.5, 0.6) is 0 Å². The van der Waals surface area contributed by atoms with E-state index in [1.54, 1.807) is 24.3 Å². The van der Waals surface area contributed by atoms with Crippen molar-refractivity contribution in [3.05, 3.63) is 52.0 Å². The minimum Gasteiger partial charge on any atom is -0.478 e. The van der Waals surface area contributed by atoms with Crippen LogP contribution in [0.2, 0.25) is 10.0 Å². The first-order valence-electron chi connectivity index (χ1n) is 7.42. The van der Waals surface area contributed by atoms with Crippen LogP contribution in [0.1, 0.15) is 31.1 Å². The fraction of sp³-hybridized carbons (Fsp3) is 0.222. The Hall–Kier alpha value is -2.08. The van der Waals surface area contributed by atoms with E-state index in [4.69, 9.17) is 38.5 Å². The summed E-state index contributed by atoms with van der Waals surface area (Å²) in [6.07, 6.45) is 0. The maximum Gasteiger partial charge on any atom is 0.335 e. The Morgan fingerprint density at radius 3 is 2.20 bits per heavy atom. The van der Waals surface area contributed by atoms with Crippen molar-refractivity contribution in [1.29, 1.82) is 0 Å². The summed E-state index contributed by atoms with van der Waals surface area (Å²) in [5.74, 6) is -0.678. The molecule has 25 heavy (non-hydrogen) atoms. The lowest BCUT2D eigenvalue weighted by Gasteiger charge is -2.06. The lowest BCUT2D eigenvalue weighted by molar-refractivity contribution is 0.0697. The van der Waals surface area contributed by atoms with Crippen molar-refractivity contribution in [3.63, 3.8) is 0 Å². The summed E-state index contributed by atoms with van der Waals surface area (Å²) in [6, 6.07) is 9.46. The van der Waals surface area contributed by atoms with Gasteiger partial charge >= 0.3 is 5.97 Å². The Kier molecular flexibility index (Phi) is 5.72. The highest BCUT2D eigenvalue weighted by Gasteiger charge is 2.12. The third kappa shape index (κ3) is 5.74. The third-order valence-corrected chi connectivity index (χ3v) is 3.18. The standard InChI is InChI=1S/C14H7Cl2NO3.C4H11N/c15-9-3-8(4-10(16)6-9)13-17-11-2-1-7(14(18)19)5-12(11)20-13;1-4(2,3)5/h1-6H,(H,18,19);5H2,1-3H3. The van der Waals surface area contributed by atoms with Crippen LogP contribution < -0.4 is 5.73 Å². The van der Waals surface area contributed by atoms with E-state index in [9.17, 15) is 4.79 Å². The molecule has 0 aliphatic carbocycles. The van der Waals surface area contributed by atoms with E-state index in [0.717, 1.165) is 0 Å². The number of benzene rings is 2. The predicted octanol–water partition coefficient (Wildman–Crippen LogP) is 5.24. The quantitative estimate of drug-likeness (QED) is 0.633. The zero-order chi connectivity index (χ0) is 18.8. The lowest BCUT2D eigenvalue weighted by Crippen LogP contribution is -2.26. The first kappa shape index (κ1) is 19.2. The van der Waals surface area contributed by atoms with Crippen molar-refractivity contribution < 1.29 is 14.3 Å². The minimum absolute atomic E-state index is 0. The number of hydrogen-bond acceptors (Lipinski definition) is 4. The van der Waals surface area contributed by atoms with E-state index in [1.807, 2.05) is 20.8 Å². The number of carbonyl (C=O) groups is 1. The van der Waals surface area contributed by atoms with Crippen molar-refractivity contribution in [3.8, 4) is 11.5 Å². The average molecular weight is 381 g/mol. The zero-order valence-corrected chi connectivity index (χ0v) is 15.5. The van der Waals surface area contributed by atoms with Crippen LogP contribution in [-0.2, 0) is 0 Å². The number of nitrogens with two attached hydrogens (primary N) is 1. The maximum atomic E-state index is 10.9. The highest BCUT2D eigenvalue weighted by molar-refractivity contribution is 6.35. The Bertz CT molecular complexity index is 888. The molecular formula is C18H18Cl2N2O3. The molecule has 7 heteroatoms. The number of carboxylic acid groups (broad SMARTS) is 1. The monoisotopic (exact) mass is 380 g/mol. The second-order valence-electron chi connectivity index (χ2n) is 6.53. The predicted molar refractivity (Wildman–Crippen MR) is 100 cm³/mol. The van der Waals surface area contributed by atoms with E-state index in [1.165, 1.54) is 12.1 Å². The van der Waals surface area contributed by atoms with E-state index in [-0.39, 0.29) is 11.1 Å². The molecule has 0 amide bonds. The summed E-state index contributed by atoms with van der Waals surface area (Å²) >= 11 is 11.9. The molecule has 0 unspecified atom stereocenters. The molecule has 0 bridgehead atoms. The molecule has 0 atom stereocenters. The molecule has 0 aliphatic heterocycles. The molecule has 1 aromatic heterocycles. The second kappa shape index (κ2) is 7.44. The van der Waals surface area contributed by atoms with Crippen LogP contribution in [0.25, 0.3) is 22.6 Å². The molecule has 0 fully saturated rings. The molecule has 5 nitrogen and oxygen atoms in total. The number of halogens is 2. The van der Waals surface area contributed by atoms with E-state index >= 15 is 0 Å². The van der Waals surface area contributed by atoms with Gasteiger partial charge in [0.15, 0.2) is 5.58 Å². The van der Waals surface area contributed by atoms with Gasteiger partial charge in [-0.05, 0) is 57.2 Å². The van der Waals surface area contributed by atoms with E-state index < -0.39 is 5.97 Å². The smallest absolute Gasteiger partial charge is 0.335 e. The van der Waals surface area contributed by atoms with Crippen LogP contribution >= 0.6 is 23.2 Å². The zero-order valence-electron chi connectivity index (χ0n) is 14.0. The van der Waals surface area contributed by atoms with Crippen LogP contribution in [-0.4, -0.2) is 21.6 Å². The van der Waals surface area contributed by atoms with Crippen molar-refractivity contribution in [2.75, 3.05) is 0 Å². The van der Waals surface area contributed by atoms with Gasteiger partial charge in [-0.3, -0.25) is 0 Å². The Morgan fingerprint density at radius 2 is 1.68 bits per heavy atom. The van der Waals surface area contributed by atoms with Gasteiger partial charge in [-0.1, -0.05) is 23.2 Å². The highest BCUT2D eigenvalue weighted by atomic mass is 35.5. The SMILES string of the molecule is CC(C)(C)N.O=C(O)c1ccc2nc(-c3cc(Cl)cc(Cl)c3)oc2c1. The summed E-state index contributed by atoms with van der Waals surface area (Å²) in [4.78, 5) is 15.2. The normalized spacial score (nSPS) is 11.1. The molecule has 1 heterocycles. The van der Waals surface area contributed by atoms with Gasteiger partial charge in [0.2, 0.25) is 5.89 Å². The van der Waals surface area contributed by atoms with Gasteiger partial charge in [-0.15, -0.1) is 0 Å². The van der Waals surface area contributed by atoms with Gasteiger partial charge in [0, 0.05) is 21.1 Å². The number of fused-ring (bicyclic) bond motifs is 1. The molecule has 0 saturated carbocycles. The average Bonchev–Trinajstić information content (AvgIpc) is 2.87. The van der Waals surface area contributed by atoms with Gasteiger partial charge in [-0.2, -0.15) is 0 Å². The first-order chi connectivity index (χ1) is 11.5. The Balaban J connectivity index is 0.000000399. The molecule has 3 rings (SSSR count). The van der Waals surface area contributed by atoms with Gasteiger partial charge in [0.1, 0.15) is 5.52 Å². The molecule has 0 saturated heterocycles. The molecule has 0 radical (unpaired) electrons. The minimum atomic E-state index is -1.02. The second-order valence-corrected chi connectivity index (χ2v) is 7.40. The largest absolute Gasteiger partial charge is 0.478 e. The number of aromatic carboxylic acids is 1. The third-order valence-electron chi connectivity index (χ3n) is 2.74. The molecule has 0 spiro atoms. The molecule has 132 valence electrons. The fourth-order valence-corrected chi connectivity index (χ4v) is 2.38. The molecule has 0 aliphatic rings. The van der Waals surface area contributed by atoms with Gasteiger partial charge in [0.05, 0.1) is 5.56 Å². The summed E-state index contributed by atoms with van der Waals surface area (Å²) in [6.45, 7) is 5.90. The molecule has 3 aromatic rings. The molecule has 3 N–H and O–H groups in total. The van der Waals surface area contributed by atoms with Gasteiger partial charge < -0.3 is 15.3 Å². The lowest BCUT2D eigenvalue weighted by atomic mass is 10.1. The number of oxazole rings is 1.